The number of imidazole rings is 1. The average Bonchev–Trinajstić information content (AvgIpc) is 3.55. The van der Waals surface area contributed by atoms with Crippen LogP contribution in [0.25, 0.3) is 16.9 Å². The number of halogens is 1. The number of carbonyl (C=O) groups is 4. The molecular formula is C44H46FN11O4. The summed E-state index contributed by atoms with van der Waals surface area (Å²) in [7, 11) is 1.81. The molecule has 60 heavy (non-hydrogen) atoms. The Hall–Kier alpha value is -6.42. The lowest BCUT2D eigenvalue weighted by Crippen LogP contribution is -2.60. The highest BCUT2D eigenvalue weighted by Gasteiger charge is 2.45. The number of aromatic nitrogens is 4. The highest BCUT2D eigenvalue weighted by atomic mass is 19.1. The molecule has 3 aromatic heterocycles. The fourth-order valence-electron chi connectivity index (χ4n) is 9.35. The maximum Gasteiger partial charge on any atom is 0.328 e. The third kappa shape index (κ3) is 6.77. The second kappa shape index (κ2) is 14.7. The molecule has 3 saturated heterocycles. The van der Waals surface area contributed by atoms with Gasteiger partial charge < -0.3 is 20.4 Å². The summed E-state index contributed by atoms with van der Waals surface area (Å²) in [6.45, 7) is 7.05. The van der Waals surface area contributed by atoms with Crippen LogP contribution in [-0.4, -0.2) is 112 Å². The Bertz CT molecular complexity index is 2560. The molecule has 1 spiro atoms. The van der Waals surface area contributed by atoms with Crippen molar-refractivity contribution >= 4 is 52.3 Å². The minimum absolute atomic E-state index is 0.0305. The van der Waals surface area contributed by atoms with Gasteiger partial charge in [-0.05, 0) is 72.6 Å². The number of alkyl halides is 1. The Morgan fingerprint density at radius 3 is 2.47 bits per heavy atom. The van der Waals surface area contributed by atoms with Crippen LogP contribution in [0.15, 0.2) is 67.0 Å². The first-order valence-corrected chi connectivity index (χ1v) is 20.7. The van der Waals surface area contributed by atoms with Crippen LogP contribution in [0.4, 0.5) is 32.1 Å². The van der Waals surface area contributed by atoms with Gasteiger partial charge in [0.05, 0.1) is 23.6 Å². The number of benzene rings is 2. The molecule has 1 saturated carbocycles. The molecule has 2 aromatic carbocycles. The average molecular weight is 812 g/mol. The van der Waals surface area contributed by atoms with E-state index in [-0.39, 0.29) is 29.3 Å². The molecule has 4 fully saturated rings. The molecule has 3 N–H and O–H groups in total. The lowest BCUT2D eigenvalue weighted by Gasteiger charge is -2.54. The lowest BCUT2D eigenvalue weighted by atomic mass is 9.72. The zero-order chi connectivity index (χ0) is 41.3. The van der Waals surface area contributed by atoms with Crippen molar-refractivity contribution in [2.45, 2.75) is 57.8 Å². The summed E-state index contributed by atoms with van der Waals surface area (Å²) in [5.41, 5.74) is 9.13. The van der Waals surface area contributed by atoms with Crippen LogP contribution in [-0.2, 0) is 17.8 Å². The molecule has 1 aliphatic carbocycles. The van der Waals surface area contributed by atoms with Crippen molar-refractivity contribution in [2.75, 3.05) is 61.4 Å². The number of rotatable bonds is 9. The molecule has 0 bridgehead atoms. The van der Waals surface area contributed by atoms with Gasteiger partial charge in [0, 0.05) is 100 Å². The van der Waals surface area contributed by atoms with Gasteiger partial charge in [0.2, 0.25) is 5.91 Å². The molecule has 5 amide bonds. The summed E-state index contributed by atoms with van der Waals surface area (Å²) in [5.74, 6) is -0.0465. The summed E-state index contributed by atoms with van der Waals surface area (Å²) in [4.78, 5) is 68.2. The van der Waals surface area contributed by atoms with E-state index in [1.165, 1.54) is 21.2 Å². The van der Waals surface area contributed by atoms with Gasteiger partial charge in [-0.25, -0.2) is 18.7 Å². The maximum absolute atomic E-state index is 13.6. The van der Waals surface area contributed by atoms with Gasteiger partial charge in [-0.15, -0.1) is 5.10 Å². The van der Waals surface area contributed by atoms with Gasteiger partial charge in [0.15, 0.2) is 17.2 Å². The SMILES string of the molecule is CNc1cc(N2CCc3c(-c4ccc(CN5CC6(CCN(C(=O)c7ccc(C)c(N8CCC(=O)NC8=O)c7)CC6)C5)cn4)cccc32)nn2c(C(=O)N[C@@H]3C[C@@H]3F)cnc12. The van der Waals surface area contributed by atoms with Crippen molar-refractivity contribution in [3.63, 3.8) is 0 Å². The zero-order valence-corrected chi connectivity index (χ0v) is 33.6. The van der Waals surface area contributed by atoms with Crippen LogP contribution in [0, 0.1) is 12.3 Å². The van der Waals surface area contributed by atoms with E-state index >= 15 is 0 Å². The van der Waals surface area contributed by atoms with E-state index in [0.29, 0.717) is 55.3 Å². The first kappa shape index (κ1) is 37.8. The topological polar surface area (TPSA) is 160 Å². The number of carbonyl (C=O) groups excluding carboxylic acids is 4. The third-order valence-corrected chi connectivity index (χ3v) is 12.8. The van der Waals surface area contributed by atoms with Crippen LogP contribution in [0.3, 0.4) is 0 Å². The van der Waals surface area contributed by atoms with Crippen molar-refractivity contribution < 1.29 is 23.6 Å². The number of piperidine rings is 1. The second-order valence-corrected chi connectivity index (χ2v) is 16.8. The van der Waals surface area contributed by atoms with E-state index in [2.05, 4.69) is 55.0 Å². The van der Waals surface area contributed by atoms with E-state index < -0.39 is 24.2 Å². The summed E-state index contributed by atoms with van der Waals surface area (Å²) in [5, 5.41) is 13.1. The zero-order valence-electron chi connectivity index (χ0n) is 33.6. The van der Waals surface area contributed by atoms with Crippen LogP contribution in [0.1, 0.15) is 63.2 Å². The first-order valence-electron chi connectivity index (χ1n) is 20.7. The normalized spacial score (nSPS) is 20.9. The number of amides is 5. The Kier molecular flexibility index (Phi) is 9.26. The Morgan fingerprint density at radius 1 is 0.933 bits per heavy atom. The molecule has 10 rings (SSSR count). The monoisotopic (exact) mass is 811 g/mol. The lowest BCUT2D eigenvalue weighted by molar-refractivity contribution is -0.120. The van der Waals surface area contributed by atoms with E-state index in [4.69, 9.17) is 10.1 Å². The smallest absolute Gasteiger partial charge is 0.328 e. The summed E-state index contributed by atoms with van der Waals surface area (Å²) in [6, 6.07) is 17.0. The van der Waals surface area contributed by atoms with Gasteiger partial charge in [0.1, 0.15) is 6.17 Å². The number of likely N-dealkylation sites (tertiary alicyclic amines) is 2. The predicted octanol–water partition coefficient (Wildman–Crippen LogP) is 4.86. The van der Waals surface area contributed by atoms with Gasteiger partial charge in [-0.2, -0.15) is 0 Å². The number of nitrogens with zero attached hydrogens (tertiary/aromatic N) is 8. The fourth-order valence-corrected chi connectivity index (χ4v) is 9.35. The van der Waals surface area contributed by atoms with E-state index in [1.54, 1.807) is 13.1 Å². The summed E-state index contributed by atoms with van der Waals surface area (Å²) >= 11 is 0. The largest absolute Gasteiger partial charge is 0.385 e. The van der Waals surface area contributed by atoms with Gasteiger partial charge in [0.25, 0.3) is 11.8 Å². The van der Waals surface area contributed by atoms with Crippen molar-refractivity contribution in [3.8, 4) is 11.3 Å². The number of hydrogen-bond acceptors (Lipinski definition) is 10. The summed E-state index contributed by atoms with van der Waals surface area (Å²) < 4.78 is 15.1. The van der Waals surface area contributed by atoms with E-state index in [1.807, 2.05) is 42.3 Å². The Labute approximate surface area is 345 Å². The van der Waals surface area contributed by atoms with Crippen LogP contribution in [0.2, 0.25) is 0 Å². The number of aryl methyl sites for hydroxylation is 1. The molecular weight excluding hydrogens is 766 g/mol. The van der Waals surface area contributed by atoms with Crippen molar-refractivity contribution in [1.82, 2.24) is 40.0 Å². The molecule has 5 aromatic rings. The fraction of sp³-hybridized carbons (Fsp3) is 0.386. The minimum atomic E-state index is -1.01. The van der Waals surface area contributed by atoms with Crippen molar-refractivity contribution in [3.05, 3.63) is 94.9 Å². The van der Waals surface area contributed by atoms with E-state index in [9.17, 15) is 23.6 Å². The van der Waals surface area contributed by atoms with Crippen LogP contribution < -0.4 is 25.8 Å². The minimum Gasteiger partial charge on any atom is -0.385 e. The number of urea groups is 1. The molecule has 15 nitrogen and oxygen atoms in total. The summed E-state index contributed by atoms with van der Waals surface area (Å²) in [6.07, 6.45) is 5.68. The van der Waals surface area contributed by atoms with Crippen molar-refractivity contribution in [2.24, 2.45) is 5.41 Å². The van der Waals surface area contributed by atoms with Crippen LogP contribution in [0.5, 0.6) is 0 Å². The number of fused-ring (bicyclic) bond motifs is 2. The van der Waals surface area contributed by atoms with Gasteiger partial charge >= 0.3 is 6.03 Å². The maximum atomic E-state index is 13.6. The molecule has 0 radical (unpaired) electrons. The van der Waals surface area contributed by atoms with Crippen molar-refractivity contribution in [1.29, 1.82) is 0 Å². The number of imide groups is 1. The molecule has 7 heterocycles. The standard InChI is InChI=1S/C44H46FN11O4/c1-26-6-8-28(18-36(26)55-15-11-39(57)50-43(55)60)42(59)53-16-12-44(13-17-53)24-52(25-44)23-27-7-9-32(47-21-27)29-4-3-5-35-30(29)10-14-54(35)38-20-34(46-2)40-48-22-37(56(40)51-38)41(58)49-33-19-31(33)45/h3-9,18,20-22,31,33,46H,10-17,19,23-25H2,1-2H3,(H,49,58)(H,50,57,60)/t31-,33+/m0/s1. The number of hydrogen-bond donors (Lipinski definition) is 3. The molecule has 0 unspecified atom stereocenters. The molecule has 5 aliphatic rings. The number of pyridine rings is 1. The third-order valence-electron chi connectivity index (χ3n) is 12.8. The van der Waals surface area contributed by atoms with E-state index in [0.717, 1.165) is 72.7 Å². The molecule has 2 atom stereocenters. The van der Waals surface area contributed by atoms with Gasteiger partial charge in [-0.3, -0.25) is 34.5 Å². The first-order chi connectivity index (χ1) is 29.1. The quantitative estimate of drug-likeness (QED) is 0.188. The molecule has 4 aliphatic heterocycles. The second-order valence-electron chi connectivity index (χ2n) is 16.8. The Balaban J connectivity index is 0.767. The van der Waals surface area contributed by atoms with Crippen LogP contribution >= 0.6 is 0 Å². The molecule has 308 valence electrons. The predicted molar refractivity (Wildman–Crippen MR) is 223 cm³/mol. The van der Waals surface area contributed by atoms with Gasteiger partial charge in [-0.1, -0.05) is 24.3 Å². The highest BCUT2D eigenvalue weighted by Crippen LogP contribution is 2.43. The number of anilines is 4. The molecule has 16 heteroatoms. The number of nitrogens with one attached hydrogen (secondary N) is 3. The highest BCUT2D eigenvalue weighted by molar-refractivity contribution is 6.06. The Morgan fingerprint density at radius 2 is 1.73 bits per heavy atom.